The lowest BCUT2D eigenvalue weighted by Crippen LogP contribution is -2.24. The van der Waals surface area contributed by atoms with E-state index in [0.29, 0.717) is 0 Å². The standard InChI is InChI=1S/C12H19BrN4O/c1-14-11-10(13)12(16-8-15-11)17(2)5-6-18-7-9-3-4-9/h8-9H,3-7H2,1-2H3,(H,14,15,16). The number of hydrogen-bond acceptors (Lipinski definition) is 5. The molecule has 18 heavy (non-hydrogen) atoms. The van der Waals surface area contributed by atoms with Gasteiger partial charge in [0, 0.05) is 27.2 Å². The minimum atomic E-state index is 0.734. The van der Waals surface area contributed by atoms with E-state index < -0.39 is 0 Å². The smallest absolute Gasteiger partial charge is 0.148 e. The summed E-state index contributed by atoms with van der Waals surface area (Å²) in [5.74, 6) is 2.49. The van der Waals surface area contributed by atoms with Gasteiger partial charge in [0.2, 0.25) is 0 Å². The average Bonchev–Trinajstić information content (AvgIpc) is 3.18. The maximum absolute atomic E-state index is 5.63. The fraction of sp³-hybridized carbons (Fsp3) is 0.667. The number of aromatic nitrogens is 2. The number of likely N-dealkylation sites (N-methyl/N-ethyl adjacent to an activating group) is 1. The molecule has 0 radical (unpaired) electrons. The predicted molar refractivity (Wildman–Crippen MR) is 76.1 cm³/mol. The number of nitrogens with zero attached hydrogens (tertiary/aromatic N) is 3. The third-order valence-corrected chi connectivity index (χ3v) is 3.72. The van der Waals surface area contributed by atoms with Crippen molar-refractivity contribution in [2.24, 2.45) is 5.92 Å². The predicted octanol–water partition coefficient (Wildman–Crippen LogP) is 2.14. The lowest BCUT2D eigenvalue weighted by molar-refractivity contribution is 0.130. The van der Waals surface area contributed by atoms with Crippen LogP contribution in [0.25, 0.3) is 0 Å². The van der Waals surface area contributed by atoms with Crippen LogP contribution < -0.4 is 10.2 Å². The minimum Gasteiger partial charge on any atom is -0.379 e. The molecule has 1 fully saturated rings. The van der Waals surface area contributed by atoms with Crippen LogP contribution in [0, 0.1) is 5.92 Å². The summed E-state index contributed by atoms with van der Waals surface area (Å²) in [5.41, 5.74) is 0. The summed E-state index contributed by atoms with van der Waals surface area (Å²) < 4.78 is 6.52. The van der Waals surface area contributed by atoms with E-state index >= 15 is 0 Å². The molecule has 2 rings (SSSR count). The summed E-state index contributed by atoms with van der Waals surface area (Å²) >= 11 is 3.51. The molecule has 0 unspecified atom stereocenters. The Balaban J connectivity index is 1.84. The fourth-order valence-corrected chi connectivity index (χ4v) is 2.35. The first-order chi connectivity index (χ1) is 8.72. The molecule has 1 aromatic heterocycles. The third kappa shape index (κ3) is 3.55. The van der Waals surface area contributed by atoms with Gasteiger partial charge in [0.15, 0.2) is 0 Å². The second-order valence-corrected chi connectivity index (χ2v) is 5.34. The fourth-order valence-electron chi connectivity index (χ4n) is 1.64. The zero-order chi connectivity index (χ0) is 13.0. The van der Waals surface area contributed by atoms with E-state index in [1.54, 1.807) is 6.33 Å². The number of anilines is 2. The van der Waals surface area contributed by atoms with Crippen LogP contribution in [0.3, 0.4) is 0 Å². The molecular formula is C12H19BrN4O. The molecule has 1 aromatic rings. The molecule has 5 nitrogen and oxygen atoms in total. The van der Waals surface area contributed by atoms with Gasteiger partial charge >= 0.3 is 0 Å². The van der Waals surface area contributed by atoms with Crippen molar-refractivity contribution in [3.05, 3.63) is 10.8 Å². The van der Waals surface area contributed by atoms with Crippen molar-refractivity contribution in [1.29, 1.82) is 0 Å². The first kappa shape index (κ1) is 13.5. The second-order valence-electron chi connectivity index (χ2n) is 4.55. The van der Waals surface area contributed by atoms with E-state index in [1.807, 2.05) is 14.1 Å². The zero-order valence-corrected chi connectivity index (χ0v) is 12.4. The Hall–Kier alpha value is -0.880. The van der Waals surface area contributed by atoms with E-state index in [0.717, 1.165) is 41.8 Å². The van der Waals surface area contributed by atoms with Crippen LogP contribution in [0.2, 0.25) is 0 Å². The van der Waals surface area contributed by atoms with Gasteiger partial charge < -0.3 is 15.0 Å². The molecule has 0 amide bonds. The van der Waals surface area contributed by atoms with Gasteiger partial charge in [0.25, 0.3) is 0 Å². The van der Waals surface area contributed by atoms with E-state index in [4.69, 9.17) is 4.74 Å². The molecule has 1 aliphatic carbocycles. The van der Waals surface area contributed by atoms with Gasteiger partial charge in [-0.3, -0.25) is 0 Å². The van der Waals surface area contributed by atoms with Gasteiger partial charge in [-0.15, -0.1) is 0 Å². The van der Waals surface area contributed by atoms with Gasteiger partial charge in [0.05, 0.1) is 6.61 Å². The molecule has 0 bridgehead atoms. The maximum atomic E-state index is 5.63. The van der Waals surface area contributed by atoms with E-state index in [2.05, 4.69) is 36.1 Å². The SMILES string of the molecule is CNc1ncnc(N(C)CCOCC2CC2)c1Br. The van der Waals surface area contributed by atoms with Crippen molar-refractivity contribution in [1.82, 2.24) is 9.97 Å². The normalized spacial score (nSPS) is 14.6. The maximum Gasteiger partial charge on any atom is 0.148 e. The van der Waals surface area contributed by atoms with Crippen LogP contribution >= 0.6 is 15.9 Å². The van der Waals surface area contributed by atoms with E-state index in [1.165, 1.54) is 12.8 Å². The number of ether oxygens (including phenoxy) is 1. The summed E-state index contributed by atoms with van der Waals surface area (Å²) in [5, 5.41) is 3.03. The summed E-state index contributed by atoms with van der Waals surface area (Å²) in [6.45, 7) is 2.46. The number of hydrogen-bond donors (Lipinski definition) is 1. The van der Waals surface area contributed by atoms with Gasteiger partial charge in [-0.25, -0.2) is 9.97 Å². The van der Waals surface area contributed by atoms with Crippen molar-refractivity contribution in [2.75, 3.05) is 44.1 Å². The van der Waals surface area contributed by atoms with Crippen molar-refractivity contribution in [3.8, 4) is 0 Å². The lowest BCUT2D eigenvalue weighted by Gasteiger charge is -2.20. The molecule has 0 aromatic carbocycles. The monoisotopic (exact) mass is 314 g/mol. The highest BCUT2D eigenvalue weighted by molar-refractivity contribution is 9.10. The Morgan fingerprint density at radius 1 is 1.50 bits per heavy atom. The summed E-state index contributed by atoms with van der Waals surface area (Å²) in [7, 11) is 3.85. The summed E-state index contributed by atoms with van der Waals surface area (Å²) in [6, 6.07) is 0. The minimum absolute atomic E-state index is 0.734. The Morgan fingerprint density at radius 2 is 2.28 bits per heavy atom. The Bertz CT molecular complexity index is 398. The molecule has 6 heteroatoms. The van der Waals surface area contributed by atoms with Gasteiger partial charge in [-0.1, -0.05) is 0 Å². The highest BCUT2D eigenvalue weighted by atomic mass is 79.9. The van der Waals surface area contributed by atoms with Gasteiger partial charge in [0.1, 0.15) is 22.4 Å². The zero-order valence-electron chi connectivity index (χ0n) is 10.8. The van der Waals surface area contributed by atoms with Crippen molar-refractivity contribution in [2.45, 2.75) is 12.8 Å². The highest BCUT2D eigenvalue weighted by Crippen LogP contribution is 2.29. The molecule has 1 saturated carbocycles. The number of nitrogens with one attached hydrogen (secondary N) is 1. The lowest BCUT2D eigenvalue weighted by atomic mass is 10.4. The van der Waals surface area contributed by atoms with Crippen molar-refractivity contribution >= 4 is 27.6 Å². The van der Waals surface area contributed by atoms with Gasteiger partial charge in [-0.05, 0) is 34.7 Å². The molecule has 0 spiro atoms. The average molecular weight is 315 g/mol. The summed E-state index contributed by atoms with van der Waals surface area (Å²) in [6.07, 6.45) is 4.23. The third-order valence-electron chi connectivity index (χ3n) is 2.99. The molecule has 0 saturated heterocycles. The Morgan fingerprint density at radius 3 is 2.94 bits per heavy atom. The van der Waals surface area contributed by atoms with Gasteiger partial charge in [-0.2, -0.15) is 0 Å². The van der Waals surface area contributed by atoms with Crippen LogP contribution in [-0.4, -0.2) is 43.8 Å². The molecule has 0 atom stereocenters. The molecule has 100 valence electrons. The van der Waals surface area contributed by atoms with E-state index in [9.17, 15) is 0 Å². The van der Waals surface area contributed by atoms with Crippen LogP contribution in [0.5, 0.6) is 0 Å². The Labute approximate surface area is 116 Å². The van der Waals surface area contributed by atoms with Crippen LogP contribution in [0.1, 0.15) is 12.8 Å². The van der Waals surface area contributed by atoms with Crippen molar-refractivity contribution in [3.63, 3.8) is 0 Å². The quantitative estimate of drug-likeness (QED) is 0.781. The number of halogens is 1. The van der Waals surface area contributed by atoms with E-state index in [-0.39, 0.29) is 0 Å². The molecule has 0 aliphatic heterocycles. The van der Waals surface area contributed by atoms with Crippen molar-refractivity contribution < 1.29 is 4.74 Å². The molecule has 1 aliphatic rings. The van der Waals surface area contributed by atoms with Crippen LogP contribution in [0.4, 0.5) is 11.6 Å². The van der Waals surface area contributed by atoms with Crippen LogP contribution in [0.15, 0.2) is 10.8 Å². The second kappa shape index (κ2) is 6.33. The largest absolute Gasteiger partial charge is 0.379 e. The molecular weight excluding hydrogens is 296 g/mol. The first-order valence-electron chi connectivity index (χ1n) is 6.19. The highest BCUT2D eigenvalue weighted by Gasteiger charge is 2.21. The summed E-state index contributed by atoms with van der Waals surface area (Å²) in [4.78, 5) is 10.5. The van der Waals surface area contributed by atoms with Crippen LogP contribution in [-0.2, 0) is 4.74 Å². The topological polar surface area (TPSA) is 50.3 Å². The first-order valence-corrected chi connectivity index (χ1v) is 6.98. The Kier molecular flexibility index (Phi) is 4.77. The molecule has 1 N–H and O–H groups in total. The number of rotatable bonds is 7. The molecule has 1 heterocycles.